The molecule has 0 fully saturated rings. The lowest BCUT2D eigenvalue weighted by atomic mass is 9.85. The van der Waals surface area contributed by atoms with Crippen LogP contribution in [0.25, 0.3) is 11.1 Å². The van der Waals surface area contributed by atoms with E-state index in [1.807, 2.05) is 39.0 Å². The highest BCUT2D eigenvalue weighted by Gasteiger charge is 2.45. The quantitative estimate of drug-likeness (QED) is 0.654. The standard InChI is InChI=1S/C20H19N5O3S/c1-12-22-8-14(9-23-12)13-5-6-15-16(7-13)25(19(26)20(15,2)3)17-10-21-11-18(24-17)29(4,27)28/h5-11H,1-4H3. The molecule has 0 aliphatic carbocycles. The van der Waals surface area contributed by atoms with E-state index < -0.39 is 15.3 Å². The Kier molecular flexibility index (Phi) is 4.23. The molecule has 0 N–H and O–H groups in total. The molecule has 0 bridgehead atoms. The van der Waals surface area contributed by atoms with Gasteiger partial charge in [-0.05, 0) is 38.0 Å². The van der Waals surface area contributed by atoms with Crippen LogP contribution in [0.15, 0.2) is 48.0 Å². The summed E-state index contributed by atoms with van der Waals surface area (Å²) in [5.74, 6) is 0.632. The van der Waals surface area contributed by atoms with Gasteiger partial charge < -0.3 is 0 Å². The molecule has 9 heteroatoms. The number of aryl methyl sites for hydroxylation is 1. The predicted octanol–water partition coefficient (Wildman–Crippen LogP) is 2.60. The number of nitrogens with zero attached hydrogens (tertiary/aromatic N) is 5. The van der Waals surface area contributed by atoms with Gasteiger partial charge in [-0.25, -0.2) is 23.4 Å². The van der Waals surface area contributed by atoms with Crippen molar-refractivity contribution in [3.8, 4) is 11.1 Å². The highest BCUT2D eigenvalue weighted by atomic mass is 32.2. The van der Waals surface area contributed by atoms with Gasteiger partial charge in [0.1, 0.15) is 5.82 Å². The lowest BCUT2D eigenvalue weighted by molar-refractivity contribution is -0.121. The van der Waals surface area contributed by atoms with Crippen molar-refractivity contribution in [2.45, 2.75) is 31.2 Å². The van der Waals surface area contributed by atoms with Gasteiger partial charge >= 0.3 is 0 Å². The van der Waals surface area contributed by atoms with Gasteiger partial charge in [-0.15, -0.1) is 0 Å². The van der Waals surface area contributed by atoms with Gasteiger partial charge in [0.15, 0.2) is 20.7 Å². The first-order chi connectivity index (χ1) is 13.6. The highest BCUT2D eigenvalue weighted by molar-refractivity contribution is 7.90. The van der Waals surface area contributed by atoms with Gasteiger partial charge in [-0.2, -0.15) is 0 Å². The number of anilines is 2. The summed E-state index contributed by atoms with van der Waals surface area (Å²) in [5, 5.41) is -0.183. The molecule has 1 aromatic carbocycles. The number of carbonyl (C=O) groups excluding carboxylic acids is 1. The van der Waals surface area contributed by atoms with Gasteiger partial charge in [-0.3, -0.25) is 14.7 Å². The van der Waals surface area contributed by atoms with Crippen LogP contribution >= 0.6 is 0 Å². The molecule has 0 saturated carbocycles. The Morgan fingerprint density at radius 1 is 1.00 bits per heavy atom. The number of hydrogen-bond acceptors (Lipinski definition) is 7. The van der Waals surface area contributed by atoms with E-state index in [0.717, 1.165) is 22.9 Å². The third kappa shape index (κ3) is 3.17. The average Bonchev–Trinajstić information content (AvgIpc) is 2.87. The highest BCUT2D eigenvalue weighted by Crippen LogP contribution is 2.46. The third-order valence-corrected chi connectivity index (χ3v) is 5.93. The SMILES string of the molecule is Cc1ncc(-c2ccc3c(c2)N(c2cncc(S(C)(=O)=O)n2)C(=O)C3(C)C)cn1. The molecule has 0 unspecified atom stereocenters. The molecule has 3 heterocycles. The van der Waals surface area contributed by atoms with Crippen molar-refractivity contribution in [1.82, 2.24) is 19.9 Å². The monoisotopic (exact) mass is 409 g/mol. The van der Waals surface area contributed by atoms with Gasteiger partial charge in [0.25, 0.3) is 0 Å². The Morgan fingerprint density at radius 3 is 2.34 bits per heavy atom. The molecule has 4 rings (SSSR count). The van der Waals surface area contributed by atoms with Crippen molar-refractivity contribution in [3.63, 3.8) is 0 Å². The van der Waals surface area contributed by atoms with Gasteiger partial charge in [0, 0.05) is 24.2 Å². The van der Waals surface area contributed by atoms with Crippen LogP contribution in [0.1, 0.15) is 25.2 Å². The maximum atomic E-state index is 13.2. The molecule has 1 aliphatic rings. The van der Waals surface area contributed by atoms with Crippen molar-refractivity contribution >= 4 is 27.2 Å². The van der Waals surface area contributed by atoms with E-state index in [4.69, 9.17) is 0 Å². The maximum Gasteiger partial charge on any atom is 0.242 e. The van der Waals surface area contributed by atoms with Crippen LogP contribution in [0.5, 0.6) is 0 Å². The lowest BCUT2D eigenvalue weighted by Crippen LogP contribution is -2.33. The van der Waals surface area contributed by atoms with E-state index in [1.54, 1.807) is 12.4 Å². The zero-order chi connectivity index (χ0) is 21.0. The Hall–Kier alpha value is -3.20. The fourth-order valence-corrected chi connectivity index (χ4v) is 3.83. The number of benzene rings is 1. The van der Waals surface area contributed by atoms with Crippen molar-refractivity contribution in [1.29, 1.82) is 0 Å². The van der Waals surface area contributed by atoms with E-state index in [-0.39, 0.29) is 16.8 Å². The Labute approximate surface area is 168 Å². The van der Waals surface area contributed by atoms with Crippen LogP contribution in [0, 0.1) is 6.92 Å². The van der Waals surface area contributed by atoms with Crippen LogP contribution in [0.2, 0.25) is 0 Å². The van der Waals surface area contributed by atoms with Crippen LogP contribution < -0.4 is 4.90 Å². The molecule has 0 radical (unpaired) electrons. The van der Waals surface area contributed by atoms with Gasteiger partial charge in [0.05, 0.1) is 23.5 Å². The average molecular weight is 409 g/mol. The predicted molar refractivity (Wildman–Crippen MR) is 108 cm³/mol. The lowest BCUT2D eigenvalue weighted by Gasteiger charge is -2.19. The van der Waals surface area contributed by atoms with Crippen molar-refractivity contribution in [2.75, 3.05) is 11.2 Å². The third-order valence-electron chi connectivity index (χ3n) is 4.97. The number of sulfone groups is 1. The van der Waals surface area contributed by atoms with E-state index in [9.17, 15) is 13.2 Å². The van der Waals surface area contributed by atoms with Crippen LogP contribution in [-0.4, -0.2) is 40.5 Å². The van der Waals surface area contributed by atoms with Gasteiger partial charge in [0.2, 0.25) is 5.91 Å². The summed E-state index contributed by atoms with van der Waals surface area (Å²) in [5.41, 5.74) is 2.32. The van der Waals surface area contributed by atoms with E-state index in [2.05, 4.69) is 19.9 Å². The molecule has 0 saturated heterocycles. The number of aromatic nitrogens is 4. The second-order valence-electron chi connectivity index (χ2n) is 7.50. The summed E-state index contributed by atoms with van der Waals surface area (Å²) in [6, 6.07) is 5.69. The molecule has 0 spiro atoms. The molecular formula is C20H19N5O3S. The second-order valence-corrected chi connectivity index (χ2v) is 9.47. The summed E-state index contributed by atoms with van der Waals surface area (Å²) < 4.78 is 23.8. The number of carbonyl (C=O) groups is 1. The first-order valence-corrected chi connectivity index (χ1v) is 10.8. The zero-order valence-electron chi connectivity index (χ0n) is 16.4. The van der Waals surface area contributed by atoms with Crippen molar-refractivity contribution in [3.05, 3.63) is 54.4 Å². The number of hydrogen-bond donors (Lipinski definition) is 0. The van der Waals surface area contributed by atoms with Gasteiger partial charge in [-0.1, -0.05) is 12.1 Å². The minimum Gasteiger partial charge on any atom is -0.273 e. The molecule has 148 valence electrons. The summed E-state index contributed by atoms with van der Waals surface area (Å²) >= 11 is 0. The topological polar surface area (TPSA) is 106 Å². The molecule has 29 heavy (non-hydrogen) atoms. The minimum atomic E-state index is -3.56. The van der Waals surface area contributed by atoms with E-state index in [1.165, 1.54) is 17.3 Å². The number of amides is 1. The minimum absolute atomic E-state index is 0.169. The molecule has 1 aliphatic heterocycles. The van der Waals surface area contributed by atoms with Crippen molar-refractivity contribution < 1.29 is 13.2 Å². The zero-order valence-corrected chi connectivity index (χ0v) is 17.2. The van der Waals surface area contributed by atoms with Crippen molar-refractivity contribution in [2.24, 2.45) is 0 Å². The normalized spacial score (nSPS) is 15.4. The van der Waals surface area contributed by atoms with E-state index in [0.29, 0.717) is 11.5 Å². The summed E-state index contributed by atoms with van der Waals surface area (Å²) in [4.78, 5) is 31.3. The molecule has 1 amide bonds. The Morgan fingerprint density at radius 2 is 1.69 bits per heavy atom. The first-order valence-electron chi connectivity index (χ1n) is 8.89. The van der Waals surface area contributed by atoms with Crippen LogP contribution in [0.3, 0.4) is 0 Å². The Balaban J connectivity index is 1.89. The van der Waals surface area contributed by atoms with Crippen LogP contribution in [0.4, 0.5) is 11.5 Å². The molecule has 2 aromatic heterocycles. The fraction of sp³-hybridized carbons (Fsp3) is 0.250. The van der Waals surface area contributed by atoms with E-state index >= 15 is 0 Å². The maximum absolute atomic E-state index is 13.2. The largest absolute Gasteiger partial charge is 0.273 e. The molecular weight excluding hydrogens is 390 g/mol. The van der Waals surface area contributed by atoms with Crippen LogP contribution in [-0.2, 0) is 20.0 Å². The molecule has 8 nitrogen and oxygen atoms in total. The smallest absolute Gasteiger partial charge is 0.242 e. The summed E-state index contributed by atoms with van der Waals surface area (Å²) in [6.45, 7) is 5.47. The second kappa shape index (κ2) is 6.41. The number of fused-ring (bicyclic) bond motifs is 1. The Bertz CT molecular complexity index is 1240. The number of rotatable bonds is 3. The fourth-order valence-electron chi connectivity index (χ4n) is 3.32. The first kappa shape index (κ1) is 19.1. The molecule has 3 aromatic rings. The summed E-state index contributed by atoms with van der Waals surface area (Å²) in [7, 11) is -3.56. The summed E-state index contributed by atoms with van der Waals surface area (Å²) in [6.07, 6.45) is 7.06. The molecule has 0 atom stereocenters.